The lowest BCUT2D eigenvalue weighted by atomic mass is 9.92. The molecule has 0 bridgehead atoms. The highest BCUT2D eigenvalue weighted by Crippen LogP contribution is 2.29. The summed E-state index contributed by atoms with van der Waals surface area (Å²) in [6.45, 7) is 9.21. The van der Waals surface area contributed by atoms with Gasteiger partial charge >= 0.3 is 0 Å². The molecule has 2 heteroatoms. The van der Waals surface area contributed by atoms with Crippen LogP contribution in [0.2, 0.25) is 0 Å². The van der Waals surface area contributed by atoms with E-state index < -0.39 is 0 Å². The van der Waals surface area contributed by atoms with Crippen LogP contribution in [0.1, 0.15) is 27.8 Å². The second kappa shape index (κ2) is 4.01. The van der Waals surface area contributed by atoms with Gasteiger partial charge in [0.2, 0.25) is 0 Å². The van der Waals surface area contributed by atoms with Gasteiger partial charge in [-0.1, -0.05) is 0 Å². The minimum atomic E-state index is 0.628. The highest BCUT2D eigenvalue weighted by Gasteiger charge is 2.12. The van der Waals surface area contributed by atoms with E-state index in [2.05, 4.69) is 33.0 Å². The third-order valence-corrected chi connectivity index (χ3v) is 3.23. The summed E-state index contributed by atoms with van der Waals surface area (Å²) in [7, 11) is 1.97. The first-order valence-corrected chi connectivity index (χ1v) is 5.01. The van der Waals surface area contributed by atoms with Gasteiger partial charge in [-0.25, -0.2) is 0 Å². The second-order valence-corrected chi connectivity index (χ2v) is 3.81. The molecule has 0 fully saturated rings. The second-order valence-electron chi connectivity index (χ2n) is 3.81. The third-order valence-electron chi connectivity index (χ3n) is 3.23. The zero-order valence-electron chi connectivity index (χ0n) is 9.78. The summed E-state index contributed by atoms with van der Waals surface area (Å²) in [4.78, 5) is 0. The molecule has 0 aromatic heterocycles. The van der Waals surface area contributed by atoms with Crippen molar-refractivity contribution in [1.82, 2.24) is 0 Å². The fourth-order valence-corrected chi connectivity index (χ4v) is 2.07. The van der Waals surface area contributed by atoms with Gasteiger partial charge in [-0.15, -0.1) is 0 Å². The molecule has 0 spiro atoms. The van der Waals surface area contributed by atoms with Gasteiger partial charge in [-0.2, -0.15) is 0 Å². The van der Waals surface area contributed by atoms with Crippen LogP contribution in [-0.4, -0.2) is 7.05 Å². The Labute approximate surface area is 86.5 Å². The number of benzene rings is 1. The van der Waals surface area contributed by atoms with Gasteiger partial charge in [-0.05, 0) is 55.5 Å². The zero-order valence-corrected chi connectivity index (χ0v) is 9.78. The Bertz CT molecular complexity index is 290. The molecule has 0 atom stereocenters. The summed E-state index contributed by atoms with van der Waals surface area (Å²) in [5.74, 6) is 0. The molecule has 1 aromatic carbocycles. The van der Waals surface area contributed by atoms with E-state index in [1.165, 1.54) is 33.5 Å². The molecular weight excluding hydrogens is 172 g/mol. The molecule has 0 aliphatic rings. The van der Waals surface area contributed by atoms with E-state index in [0.29, 0.717) is 6.54 Å². The summed E-state index contributed by atoms with van der Waals surface area (Å²) in [6.07, 6.45) is 0. The van der Waals surface area contributed by atoms with E-state index in [9.17, 15) is 0 Å². The van der Waals surface area contributed by atoms with E-state index in [1.54, 1.807) is 0 Å². The molecule has 2 nitrogen and oxygen atoms in total. The molecule has 1 aromatic rings. The van der Waals surface area contributed by atoms with Gasteiger partial charge in [0, 0.05) is 19.3 Å². The topological polar surface area (TPSA) is 38.0 Å². The van der Waals surface area contributed by atoms with Crippen LogP contribution < -0.4 is 11.1 Å². The normalized spacial score (nSPS) is 10.4. The highest BCUT2D eigenvalue weighted by molar-refractivity contribution is 5.64. The smallest absolute Gasteiger partial charge is 0.0402 e. The number of hydrogen-bond acceptors (Lipinski definition) is 2. The minimum Gasteiger partial charge on any atom is -0.388 e. The maximum atomic E-state index is 5.76. The number of hydrogen-bond donors (Lipinski definition) is 2. The zero-order chi connectivity index (χ0) is 10.9. The van der Waals surface area contributed by atoms with Gasteiger partial charge < -0.3 is 11.1 Å². The Morgan fingerprint density at radius 2 is 1.36 bits per heavy atom. The van der Waals surface area contributed by atoms with Crippen molar-refractivity contribution in [2.45, 2.75) is 34.2 Å². The first kappa shape index (κ1) is 11.1. The summed E-state index contributed by atoms with van der Waals surface area (Å²) in [6, 6.07) is 0. The van der Waals surface area contributed by atoms with Crippen LogP contribution in [0.5, 0.6) is 0 Å². The van der Waals surface area contributed by atoms with Crippen molar-refractivity contribution in [2.75, 3.05) is 12.4 Å². The van der Waals surface area contributed by atoms with E-state index in [1.807, 2.05) is 7.05 Å². The molecule has 0 radical (unpaired) electrons. The standard InChI is InChI=1S/C12H20N2/c1-7-9(3)12(14-5)10(4)8(2)11(7)6-13/h14H,6,13H2,1-5H3. The van der Waals surface area contributed by atoms with Crippen LogP contribution in [0, 0.1) is 27.7 Å². The lowest BCUT2D eigenvalue weighted by Crippen LogP contribution is -2.08. The van der Waals surface area contributed by atoms with Crippen molar-refractivity contribution >= 4 is 5.69 Å². The van der Waals surface area contributed by atoms with Crippen LogP contribution in [0.3, 0.4) is 0 Å². The van der Waals surface area contributed by atoms with Gasteiger partial charge in [-0.3, -0.25) is 0 Å². The van der Waals surface area contributed by atoms with Crippen LogP contribution >= 0.6 is 0 Å². The Kier molecular flexibility index (Phi) is 3.17. The van der Waals surface area contributed by atoms with E-state index >= 15 is 0 Å². The van der Waals surface area contributed by atoms with Crippen molar-refractivity contribution in [3.8, 4) is 0 Å². The van der Waals surface area contributed by atoms with Crippen molar-refractivity contribution in [3.05, 3.63) is 27.8 Å². The molecule has 0 saturated carbocycles. The quantitative estimate of drug-likeness (QED) is 0.755. The van der Waals surface area contributed by atoms with Gasteiger partial charge in [0.25, 0.3) is 0 Å². The Morgan fingerprint density at radius 1 is 0.929 bits per heavy atom. The predicted molar refractivity (Wildman–Crippen MR) is 62.8 cm³/mol. The number of nitrogens with two attached hydrogens (primary N) is 1. The summed E-state index contributed by atoms with van der Waals surface area (Å²) in [5.41, 5.74) is 13.6. The van der Waals surface area contributed by atoms with Gasteiger partial charge in [0.05, 0.1) is 0 Å². The fraction of sp³-hybridized carbons (Fsp3) is 0.500. The Balaban J connectivity index is 3.55. The molecule has 0 saturated heterocycles. The van der Waals surface area contributed by atoms with Crippen LogP contribution in [-0.2, 0) is 6.54 Å². The van der Waals surface area contributed by atoms with Crippen molar-refractivity contribution < 1.29 is 0 Å². The van der Waals surface area contributed by atoms with Gasteiger partial charge in [0.15, 0.2) is 0 Å². The molecule has 1 rings (SSSR count). The molecule has 0 aliphatic carbocycles. The third kappa shape index (κ3) is 1.50. The van der Waals surface area contributed by atoms with E-state index in [4.69, 9.17) is 5.73 Å². The fourth-order valence-electron chi connectivity index (χ4n) is 2.07. The number of anilines is 1. The molecular formula is C12H20N2. The molecule has 0 aliphatic heterocycles. The molecule has 0 heterocycles. The molecule has 0 amide bonds. The van der Waals surface area contributed by atoms with Crippen LogP contribution in [0.4, 0.5) is 5.69 Å². The van der Waals surface area contributed by atoms with Gasteiger partial charge in [0.1, 0.15) is 0 Å². The lowest BCUT2D eigenvalue weighted by molar-refractivity contribution is 1.01. The summed E-state index contributed by atoms with van der Waals surface area (Å²) >= 11 is 0. The first-order valence-electron chi connectivity index (χ1n) is 5.01. The monoisotopic (exact) mass is 192 g/mol. The van der Waals surface area contributed by atoms with E-state index in [0.717, 1.165) is 0 Å². The first-order chi connectivity index (χ1) is 6.54. The highest BCUT2D eigenvalue weighted by atomic mass is 14.8. The number of nitrogens with one attached hydrogen (secondary N) is 1. The largest absolute Gasteiger partial charge is 0.388 e. The summed E-state index contributed by atoms with van der Waals surface area (Å²) < 4.78 is 0. The average molecular weight is 192 g/mol. The maximum Gasteiger partial charge on any atom is 0.0402 e. The minimum absolute atomic E-state index is 0.628. The molecule has 3 N–H and O–H groups in total. The van der Waals surface area contributed by atoms with Crippen LogP contribution in [0.25, 0.3) is 0 Å². The van der Waals surface area contributed by atoms with Crippen molar-refractivity contribution in [3.63, 3.8) is 0 Å². The summed E-state index contributed by atoms with van der Waals surface area (Å²) in [5, 5.41) is 3.26. The Hall–Kier alpha value is -1.02. The molecule has 78 valence electrons. The maximum absolute atomic E-state index is 5.76. The van der Waals surface area contributed by atoms with E-state index in [-0.39, 0.29) is 0 Å². The average Bonchev–Trinajstić information content (AvgIpc) is 2.17. The van der Waals surface area contributed by atoms with Crippen molar-refractivity contribution in [2.24, 2.45) is 5.73 Å². The SMILES string of the molecule is CNc1c(C)c(C)c(CN)c(C)c1C. The predicted octanol–water partition coefficient (Wildman–Crippen LogP) is 2.42. The number of rotatable bonds is 2. The molecule has 14 heavy (non-hydrogen) atoms. The molecule has 0 unspecified atom stereocenters. The van der Waals surface area contributed by atoms with Crippen molar-refractivity contribution in [1.29, 1.82) is 0 Å². The van der Waals surface area contributed by atoms with Crippen LogP contribution in [0.15, 0.2) is 0 Å². The lowest BCUT2D eigenvalue weighted by Gasteiger charge is -2.19. The Morgan fingerprint density at radius 3 is 1.64 bits per heavy atom.